The molecule has 2 N–H and O–H groups in total. The first-order valence-corrected chi connectivity index (χ1v) is 16.4. The summed E-state index contributed by atoms with van der Waals surface area (Å²) in [6.07, 6.45) is -0.885. The van der Waals surface area contributed by atoms with Crippen LogP contribution in [0.15, 0.2) is 30.3 Å². The van der Waals surface area contributed by atoms with E-state index in [0.29, 0.717) is 0 Å². The molecular formula is C31H42N2O10S2. The molecule has 0 radical (unpaired) electrons. The van der Waals surface area contributed by atoms with Gasteiger partial charge in [0, 0.05) is 17.4 Å². The Bertz CT molecular complexity index is 1310. The van der Waals surface area contributed by atoms with Crippen molar-refractivity contribution < 1.29 is 47.7 Å². The van der Waals surface area contributed by atoms with Gasteiger partial charge in [-0.2, -0.15) is 0 Å². The van der Waals surface area contributed by atoms with Crippen molar-refractivity contribution in [1.82, 2.24) is 10.6 Å². The maximum atomic E-state index is 13.8. The monoisotopic (exact) mass is 666 g/mol. The summed E-state index contributed by atoms with van der Waals surface area (Å²) in [5.74, 6) is -4.66. The van der Waals surface area contributed by atoms with Crippen molar-refractivity contribution in [3.05, 3.63) is 35.9 Å². The van der Waals surface area contributed by atoms with E-state index in [0.717, 1.165) is 29.1 Å². The van der Waals surface area contributed by atoms with E-state index in [1.165, 1.54) is 14.2 Å². The van der Waals surface area contributed by atoms with E-state index in [1.807, 2.05) is 30.3 Å². The average molecular weight is 667 g/mol. The fourth-order valence-electron chi connectivity index (χ4n) is 5.37. The quantitative estimate of drug-likeness (QED) is 0.190. The zero-order valence-corrected chi connectivity index (χ0v) is 28.5. The SMILES string of the molecule is COC(=O)[C@H](CS[C@]12CC(c3ccccc3)[C@@]1(SC[C@H](NC(=O)OC(C)(C)C)C(=O)OC)C(=O)NC2=O)CC(=O)OC(C)(C)C. The van der Waals surface area contributed by atoms with Gasteiger partial charge in [0.2, 0.25) is 11.8 Å². The molecule has 2 aliphatic rings. The highest BCUT2D eigenvalue weighted by atomic mass is 32.2. The number of carbonyl (C=O) groups excluding carboxylic acids is 6. The third-order valence-electron chi connectivity index (χ3n) is 7.27. The number of alkyl carbamates (subject to hydrolysis) is 1. The lowest BCUT2D eigenvalue weighted by molar-refractivity contribution is -0.160. The van der Waals surface area contributed by atoms with Gasteiger partial charge in [-0.05, 0) is 53.5 Å². The van der Waals surface area contributed by atoms with Crippen LogP contribution in [-0.2, 0) is 42.9 Å². The summed E-state index contributed by atoms with van der Waals surface area (Å²) in [5.41, 5.74) is -0.797. The van der Waals surface area contributed by atoms with Gasteiger partial charge in [-0.3, -0.25) is 24.5 Å². The molecule has 248 valence electrons. The fraction of sp³-hybridized carbons (Fsp3) is 0.613. The number of nitrogens with one attached hydrogen (secondary N) is 2. The minimum absolute atomic E-state index is 0.0208. The second kappa shape index (κ2) is 14.0. The van der Waals surface area contributed by atoms with Gasteiger partial charge in [-0.1, -0.05) is 30.3 Å². The Kier molecular flexibility index (Phi) is 11.3. The van der Waals surface area contributed by atoms with Crippen LogP contribution in [0.25, 0.3) is 0 Å². The molecule has 45 heavy (non-hydrogen) atoms. The molecule has 0 spiro atoms. The van der Waals surface area contributed by atoms with Crippen molar-refractivity contribution >= 4 is 59.3 Å². The molecule has 1 aromatic carbocycles. The number of carbonyl (C=O) groups is 6. The summed E-state index contributed by atoms with van der Waals surface area (Å²) in [7, 11) is 2.38. The van der Waals surface area contributed by atoms with Crippen molar-refractivity contribution in [2.24, 2.45) is 5.92 Å². The van der Waals surface area contributed by atoms with Crippen molar-refractivity contribution in [1.29, 1.82) is 0 Å². The number of hydrogen-bond acceptors (Lipinski definition) is 12. The summed E-state index contributed by atoms with van der Waals surface area (Å²) >= 11 is 2.16. The molecule has 1 aliphatic carbocycles. The largest absolute Gasteiger partial charge is 0.469 e. The van der Waals surface area contributed by atoms with Crippen molar-refractivity contribution in [3.63, 3.8) is 0 Å². The van der Waals surface area contributed by atoms with E-state index in [9.17, 15) is 28.8 Å². The van der Waals surface area contributed by atoms with Gasteiger partial charge in [-0.25, -0.2) is 9.59 Å². The fourth-order valence-corrected chi connectivity index (χ4v) is 9.04. The smallest absolute Gasteiger partial charge is 0.408 e. The summed E-state index contributed by atoms with van der Waals surface area (Å²) < 4.78 is 17.8. The standard InChI is InChI=1S/C31H42N2O10S2/c1-28(2,3)42-22(34)14-19(23(35)40-7)16-44-30-15-20(18-12-10-9-11-13-18)31(30,26(38)33-25(30)37)45-17-21(24(36)41-8)32-27(39)43-29(4,5)6/h9-13,19-21H,14-17H2,1-8H3,(H,32,39)(H,33,37,38)/t19-,20?,21-,30-,31+/m0/s1. The predicted octanol–water partition coefficient (Wildman–Crippen LogP) is 3.36. The highest BCUT2D eigenvalue weighted by molar-refractivity contribution is 8.06. The summed E-state index contributed by atoms with van der Waals surface area (Å²) in [4.78, 5) is 78.2. The lowest BCUT2D eigenvalue weighted by atomic mass is 9.61. The maximum absolute atomic E-state index is 13.8. The summed E-state index contributed by atoms with van der Waals surface area (Å²) in [6, 6.07) is 7.99. The topological polar surface area (TPSA) is 163 Å². The first kappa shape index (κ1) is 36.2. The molecule has 2 fully saturated rings. The number of ether oxygens (including phenoxy) is 4. The number of methoxy groups -OCH3 is 2. The Morgan fingerprint density at radius 1 is 0.889 bits per heavy atom. The molecule has 1 heterocycles. The summed E-state index contributed by atoms with van der Waals surface area (Å²) in [6.45, 7) is 10.2. The lowest BCUT2D eigenvalue weighted by Gasteiger charge is -2.56. The predicted molar refractivity (Wildman–Crippen MR) is 168 cm³/mol. The molecule has 1 aromatic rings. The van der Waals surface area contributed by atoms with Crippen LogP contribution >= 0.6 is 23.5 Å². The number of amides is 3. The average Bonchev–Trinajstić information content (AvgIpc) is 3.07. The van der Waals surface area contributed by atoms with Crippen LogP contribution in [0.1, 0.15) is 65.9 Å². The van der Waals surface area contributed by atoms with Crippen molar-refractivity contribution in [3.8, 4) is 0 Å². The van der Waals surface area contributed by atoms with Crippen LogP contribution in [-0.4, -0.2) is 88.3 Å². The Morgan fingerprint density at radius 3 is 2.04 bits per heavy atom. The minimum Gasteiger partial charge on any atom is -0.469 e. The molecule has 1 unspecified atom stereocenters. The van der Waals surface area contributed by atoms with E-state index in [2.05, 4.69) is 10.6 Å². The van der Waals surface area contributed by atoms with Gasteiger partial charge < -0.3 is 24.3 Å². The van der Waals surface area contributed by atoms with Gasteiger partial charge in [0.1, 0.15) is 26.7 Å². The Morgan fingerprint density at radius 2 is 1.49 bits per heavy atom. The number of esters is 3. The highest BCUT2D eigenvalue weighted by Crippen LogP contribution is 2.68. The third kappa shape index (κ3) is 8.13. The van der Waals surface area contributed by atoms with E-state index in [4.69, 9.17) is 18.9 Å². The van der Waals surface area contributed by atoms with E-state index in [1.54, 1.807) is 41.5 Å². The van der Waals surface area contributed by atoms with E-state index in [-0.39, 0.29) is 24.3 Å². The number of fused-ring (bicyclic) bond motifs is 1. The van der Waals surface area contributed by atoms with Gasteiger partial charge in [0.05, 0.1) is 26.6 Å². The zero-order chi connectivity index (χ0) is 33.8. The van der Waals surface area contributed by atoms with Gasteiger partial charge >= 0.3 is 24.0 Å². The third-order valence-corrected chi connectivity index (χ3v) is 10.9. The number of hydrogen-bond donors (Lipinski definition) is 2. The Labute approximate surface area is 271 Å². The normalized spacial score (nSPS) is 23.9. The summed E-state index contributed by atoms with van der Waals surface area (Å²) in [5, 5.41) is 5.00. The number of rotatable bonds is 12. The van der Waals surface area contributed by atoms with Crippen LogP contribution in [0.3, 0.4) is 0 Å². The molecule has 1 aliphatic heterocycles. The second-order valence-electron chi connectivity index (χ2n) is 12.9. The zero-order valence-electron chi connectivity index (χ0n) is 26.8. The molecule has 0 bridgehead atoms. The molecule has 12 nitrogen and oxygen atoms in total. The number of thioether (sulfide) groups is 2. The van der Waals surface area contributed by atoms with Gasteiger partial charge in [-0.15, -0.1) is 23.5 Å². The lowest BCUT2D eigenvalue weighted by Crippen LogP contribution is -2.67. The first-order chi connectivity index (χ1) is 20.9. The number of imide groups is 1. The van der Waals surface area contributed by atoms with Gasteiger partial charge in [0.15, 0.2) is 0 Å². The Hall–Kier alpha value is -3.26. The Balaban J connectivity index is 1.96. The van der Waals surface area contributed by atoms with Crippen LogP contribution in [0.5, 0.6) is 0 Å². The molecule has 1 saturated heterocycles. The van der Waals surface area contributed by atoms with Crippen LogP contribution < -0.4 is 10.6 Å². The van der Waals surface area contributed by atoms with Crippen LogP contribution in [0.2, 0.25) is 0 Å². The first-order valence-electron chi connectivity index (χ1n) is 14.4. The molecule has 3 amide bonds. The molecular weight excluding hydrogens is 624 g/mol. The molecule has 1 saturated carbocycles. The van der Waals surface area contributed by atoms with E-state index < -0.39 is 74.4 Å². The highest BCUT2D eigenvalue weighted by Gasteiger charge is 2.78. The van der Waals surface area contributed by atoms with Crippen molar-refractivity contribution in [2.75, 3.05) is 25.7 Å². The van der Waals surface area contributed by atoms with Crippen LogP contribution in [0, 0.1) is 5.92 Å². The van der Waals surface area contributed by atoms with Crippen LogP contribution in [0.4, 0.5) is 4.79 Å². The molecule has 0 aromatic heterocycles. The number of benzene rings is 1. The van der Waals surface area contributed by atoms with Gasteiger partial charge in [0.25, 0.3) is 0 Å². The molecule has 14 heteroatoms. The minimum atomic E-state index is -1.43. The molecule has 5 atom stereocenters. The molecule has 3 rings (SSSR count). The van der Waals surface area contributed by atoms with Crippen molar-refractivity contribution in [2.45, 2.75) is 87.0 Å². The van der Waals surface area contributed by atoms with E-state index >= 15 is 0 Å². The maximum Gasteiger partial charge on any atom is 0.408 e. The second-order valence-corrected chi connectivity index (χ2v) is 15.5.